The van der Waals surface area contributed by atoms with Crippen molar-refractivity contribution in [3.63, 3.8) is 0 Å². The lowest BCUT2D eigenvalue weighted by Gasteiger charge is -2.20. The zero-order chi connectivity index (χ0) is 27.3. The van der Waals surface area contributed by atoms with Gasteiger partial charge in [0.1, 0.15) is 0 Å². The molecular formula is C33H32N4O3. The van der Waals surface area contributed by atoms with Crippen molar-refractivity contribution in [3.8, 4) is 22.6 Å². The van der Waals surface area contributed by atoms with E-state index in [1.807, 2.05) is 24.3 Å². The summed E-state index contributed by atoms with van der Waals surface area (Å²) in [6.45, 7) is 2.08. The standard InChI is InChI=1S/C21H19N3O2.C12H13NO/c1-13-4-5-15(19-24-22-12-26-19)10-16(13)14-6-7-17-18(11-14)23-20(25)21(17)8-2-3-9-21;14-11-12(7-3-4-8-12)9-5-1-2-6-10(9)13-11/h4-7,10-12H,2-3,8-9H2,1H3,(H,23,25);1-2,5-6H,3-4,7-8H2,(H,13,14). The van der Waals surface area contributed by atoms with Crippen LogP contribution in [0.5, 0.6) is 0 Å². The molecule has 3 aromatic carbocycles. The monoisotopic (exact) mass is 532 g/mol. The minimum absolute atomic E-state index is 0.165. The fourth-order valence-electron chi connectivity index (χ4n) is 7.29. The van der Waals surface area contributed by atoms with Crippen LogP contribution in [-0.2, 0) is 20.4 Å². The number of rotatable bonds is 2. The Kier molecular flexibility index (Phi) is 5.84. The van der Waals surface area contributed by atoms with Crippen LogP contribution in [0.4, 0.5) is 11.4 Å². The van der Waals surface area contributed by atoms with Gasteiger partial charge in [-0.3, -0.25) is 9.59 Å². The quantitative estimate of drug-likeness (QED) is 0.292. The number of hydrogen-bond acceptors (Lipinski definition) is 5. The minimum atomic E-state index is -0.297. The van der Waals surface area contributed by atoms with E-state index in [9.17, 15) is 9.59 Å². The number of carbonyl (C=O) groups is 2. The fourth-order valence-corrected chi connectivity index (χ4v) is 7.29. The molecule has 0 unspecified atom stereocenters. The number of fused-ring (bicyclic) bond motifs is 4. The molecule has 4 aliphatic rings. The minimum Gasteiger partial charge on any atom is -0.423 e. The number of amides is 2. The van der Waals surface area contributed by atoms with Crippen molar-refractivity contribution in [2.45, 2.75) is 69.1 Å². The molecule has 2 saturated carbocycles. The van der Waals surface area contributed by atoms with E-state index in [4.69, 9.17) is 4.42 Å². The van der Waals surface area contributed by atoms with E-state index in [-0.39, 0.29) is 22.6 Å². The van der Waals surface area contributed by atoms with E-state index in [0.717, 1.165) is 77.7 Å². The van der Waals surface area contributed by atoms with Gasteiger partial charge in [0.2, 0.25) is 24.1 Å². The molecule has 2 aliphatic carbocycles. The van der Waals surface area contributed by atoms with Crippen LogP contribution in [-0.4, -0.2) is 22.0 Å². The van der Waals surface area contributed by atoms with Crippen molar-refractivity contribution in [2.75, 3.05) is 10.6 Å². The van der Waals surface area contributed by atoms with E-state index in [2.05, 4.69) is 64.2 Å². The Labute approximate surface area is 233 Å². The van der Waals surface area contributed by atoms with Crippen molar-refractivity contribution >= 4 is 23.2 Å². The number of nitrogens with one attached hydrogen (secondary N) is 2. The molecule has 4 aromatic rings. The Morgan fingerprint density at radius 1 is 0.725 bits per heavy atom. The molecule has 0 saturated heterocycles. The van der Waals surface area contributed by atoms with Gasteiger partial charge in [-0.25, -0.2) is 0 Å². The maximum absolute atomic E-state index is 12.6. The molecule has 7 nitrogen and oxygen atoms in total. The first-order valence-corrected chi connectivity index (χ1v) is 14.2. The third-order valence-corrected chi connectivity index (χ3v) is 9.41. The lowest BCUT2D eigenvalue weighted by Crippen LogP contribution is -2.30. The van der Waals surface area contributed by atoms with Gasteiger partial charge in [0.05, 0.1) is 10.8 Å². The Balaban J connectivity index is 0.000000159. The van der Waals surface area contributed by atoms with Crippen LogP contribution in [0, 0.1) is 6.92 Å². The van der Waals surface area contributed by atoms with Gasteiger partial charge in [0.15, 0.2) is 0 Å². The van der Waals surface area contributed by atoms with Gasteiger partial charge in [0, 0.05) is 16.9 Å². The Bertz CT molecular complexity index is 1610. The normalized spacial score (nSPS) is 19.2. The summed E-state index contributed by atoms with van der Waals surface area (Å²) in [4.78, 5) is 24.6. The maximum Gasteiger partial charge on any atom is 0.247 e. The zero-order valence-corrected chi connectivity index (χ0v) is 22.6. The molecule has 202 valence electrons. The van der Waals surface area contributed by atoms with Gasteiger partial charge in [-0.2, -0.15) is 0 Å². The van der Waals surface area contributed by atoms with E-state index in [1.165, 1.54) is 24.8 Å². The molecule has 1 aromatic heterocycles. The van der Waals surface area contributed by atoms with E-state index in [1.54, 1.807) is 0 Å². The van der Waals surface area contributed by atoms with Gasteiger partial charge in [-0.1, -0.05) is 62.1 Å². The second kappa shape index (κ2) is 9.44. The zero-order valence-electron chi connectivity index (χ0n) is 22.6. The molecule has 0 atom stereocenters. The number of hydrogen-bond donors (Lipinski definition) is 2. The van der Waals surface area contributed by atoms with E-state index >= 15 is 0 Å². The maximum atomic E-state index is 12.6. The van der Waals surface area contributed by atoms with E-state index < -0.39 is 0 Å². The SMILES string of the molecule is Cc1ccc(-c2nnco2)cc1-c1ccc2c(c1)NC(=O)C21CCCC1.O=C1Nc2ccccc2C12CCCC2. The first-order chi connectivity index (χ1) is 19.5. The third-order valence-electron chi connectivity index (χ3n) is 9.41. The molecule has 2 aliphatic heterocycles. The molecule has 0 bridgehead atoms. The number of para-hydroxylation sites is 1. The van der Waals surface area contributed by atoms with Crippen LogP contribution in [0.25, 0.3) is 22.6 Å². The van der Waals surface area contributed by atoms with Crippen molar-refractivity contribution in [3.05, 3.63) is 83.7 Å². The second-order valence-electron chi connectivity index (χ2n) is 11.6. The summed E-state index contributed by atoms with van der Waals surface area (Å²) in [6, 6.07) is 20.6. The van der Waals surface area contributed by atoms with Crippen LogP contribution in [0.2, 0.25) is 0 Å². The first-order valence-electron chi connectivity index (χ1n) is 14.2. The van der Waals surface area contributed by atoms with Crippen molar-refractivity contribution in [1.82, 2.24) is 10.2 Å². The number of benzene rings is 3. The largest absolute Gasteiger partial charge is 0.423 e. The molecule has 2 amide bonds. The lowest BCUT2D eigenvalue weighted by molar-refractivity contribution is -0.121. The summed E-state index contributed by atoms with van der Waals surface area (Å²) in [5.74, 6) is 0.889. The highest BCUT2D eigenvalue weighted by Crippen LogP contribution is 2.50. The van der Waals surface area contributed by atoms with Crippen LogP contribution in [0.1, 0.15) is 68.1 Å². The van der Waals surface area contributed by atoms with Crippen LogP contribution >= 0.6 is 0 Å². The van der Waals surface area contributed by atoms with Gasteiger partial charge < -0.3 is 15.1 Å². The number of anilines is 2. The molecular weight excluding hydrogens is 500 g/mol. The van der Waals surface area contributed by atoms with Crippen LogP contribution in [0.15, 0.2) is 71.5 Å². The molecule has 2 spiro atoms. The van der Waals surface area contributed by atoms with Crippen molar-refractivity contribution < 1.29 is 14.0 Å². The molecule has 2 fully saturated rings. The average Bonchev–Trinajstić information content (AvgIpc) is 3.80. The summed E-state index contributed by atoms with van der Waals surface area (Å²) >= 11 is 0. The number of aromatic nitrogens is 2. The van der Waals surface area contributed by atoms with Gasteiger partial charge in [0.25, 0.3) is 0 Å². The molecule has 2 N–H and O–H groups in total. The average molecular weight is 533 g/mol. The summed E-state index contributed by atoms with van der Waals surface area (Å²) in [6.07, 6.45) is 9.91. The predicted octanol–water partition coefficient (Wildman–Crippen LogP) is 6.93. The summed E-state index contributed by atoms with van der Waals surface area (Å²) in [7, 11) is 0. The summed E-state index contributed by atoms with van der Waals surface area (Å²) in [5, 5.41) is 13.9. The Hall–Kier alpha value is -4.26. The highest BCUT2D eigenvalue weighted by molar-refractivity contribution is 6.07. The van der Waals surface area contributed by atoms with Crippen molar-refractivity contribution in [2.24, 2.45) is 0 Å². The highest BCUT2D eigenvalue weighted by Gasteiger charge is 2.49. The number of carbonyl (C=O) groups excluding carboxylic acids is 2. The number of nitrogens with zero attached hydrogens (tertiary/aromatic N) is 2. The van der Waals surface area contributed by atoms with Crippen LogP contribution < -0.4 is 10.6 Å². The van der Waals surface area contributed by atoms with Crippen LogP contribution in [0.3, 0.4) is 0 Å². The molecule has 0 radical (unpaired) electrons. The summed E-state index contributed by atoms with van der Waals surface area (Å²) < 4.78 is 5.32. The lowest BCUT2D eigenvalue weighted by atomic mass is 9.79. The molecule has 8 rings (SSSR count). The molecule has 7 heteroatoms. The van der Waals surface area contributed by atoms with Gasteiger partial charge in [-0.15, -0.1) is 10.2 Å². The van der Waals surface area contributed by atoms with Crippen molar-refractivity contribution in [1.29, 1.82) is 0 Å². The number of aryl methyl sites for hydroxylation is 1. The summed E-state index contributed by atoms with van der Waals surface area (Å²) in [5.41, 5.74) is 8.13. The van der Waals surface area contributed by atoms with E-state index in [0.29, 0.717) is 5.89 Å². The topological polar surface area (TPSA) is 97.1 Å². The van der Waals surface area contributed by atoms with Gasteiger partial charge >= 0.3 is 0 Å². The first kappa shape index (κ1) is 24.8. The smallest absolute Gasteiger partial charge is 0.247 e. The third kappa shape index (κ3) is 3.79. The Morgan fingerprint density at radius 3 is 2.02 bits per heavy atom. The molecule has 40 heavy (non-hydrogen) atoms. The Morgan fingerprint density at radius 2 is 1.35 bits per heavy atom. The van der Waals surface area contributed by atoms with Gasteiger partial charge in [-0.05, 0) is 84.7 Å². The highest BCUT2D eigenvalue weighted by atomic mass is 16.4. The fraction of sp³-hybridized carbons (Fsp3) is 0.333. The second-order valence-corrected chi connectivity index (χ2v) is 11.6. The predicted molar refractivity (Wildman–Crippen MR) is 154 cm³/mol. The molecule has 3 heterocycles.